The second-order valence-electron chi connectivity index (χ2n) is 7.48. The van der Waals surface area contributed by atoms with Crippen molar-refractivity contribution in [3.8, 4) is 0 Å². The predicted octanol–water partition coefficient (Wildman–Crippen LogP) is 3.30. The van der Waals surface area contributed by atoms with Crippen molar-refractivity contribution in [2.45, 2.75) is 62.9 Å². The molecule has 3 nitrogen and oxygen atoms in total. The van der Waals surface area contributed by atoms with E-state index in [1.54, 1.807) is 7.11 Å². The van der Waals surface area contributed by atoms with Gasteiger partial charge in [0.1, 0.15) is 0 Å². The molecule has 2 aliphatic heterocycles. The number of methoxy groups -OCH3 is 1. The van der Waals surface area contributed by atoms with Crippen LogP contribution >= 0.6 is 11.6 Å². The Morgan fingerprint density at radius 1 is 1.19 bits per heavy atom. The third-order valence-corrected chi connectivity index (χ3v) is 7.15. The number of esters is 1. The first-order chi connectivity index (χ1) is 10.0. The van der Waals surface area contributed by atoms with Gasteiger partial charge in [-0.15, -0.1) is 11.6 Å². The average molecular weight is 314 g/mol. The zero-order valence-corrected chi connectivity index (χ0v) is 14.2. The number of fused-ring (bicyclic) bond motifs is 2. The zero-order valence-electron chi connectivity index (χ0n) is 13.4. The maximum atomic E-state index is 12.4. The molecule has 21 heavy (non-hydrogen) atoms. The van der Waals surface area contributed by atoms with E-state index in [2.05, 4.69) is 18.9 Å². The Balaban J connectivity index is 1.80. The van der Waals surface area contributed by atoms with Gasteiger partial charge in [-0.25, -0.2) is 0 Å². The van der Waals surface area contributed by atoms with Gasteiger partial charge >= 0.3 is 5.97 Å². The second kappa shape index (κ2) is 6.08. The number of hydrogen-bond donors (Lipinski definition) is 0. The highest BCUT2D eigenvalue weighted by Crippen LogP contribution is 2.49. The van der Waals surface area contributed by atoms with Crippen LogP contribution in [-0.4, -0.2) is 42.5 Å². The van der Waals surface area contributed by atoms with E-state index in [9.17, 15) is 4.79 Å². The fourth-order valence-corrected chi connectivity index (χ4v) is 5.48. The highest BCUT2D eigenvalue weighted by atomic mass is 35.5. The largest absolute Gasteiger partial charge is 0.469 e. The first-order valence-corrected chi connectivity index (χ1v) is 8.90. The number of hydrogen-bond acceptors (Lipinski definition) is 3. The lowest BCUT2D eigenvalue weighted by atomic mass is 9.66. The summed E-state index contributed by atoms with van der Waals surface area (Å²) in [6, 6.07) is 1.06. The quantitative estimate of drug-likeness (QED) is 0.578. The summed E-state index contributed by atoms with van der Waals surface area (Å²) in [5.41, 5.74) is 0. The highest BCUT2D eigenvalue weighted by Gasteiger charge is 2.51. The van der Waals surface area contributed by atoms with Crippen LogP contribution in [0.5, 0.6) is 0 Å². The van der Waals surface area contributed by atoms with Crippen LogP contribution in [0.4, 0.5) is 0 Å². The molecule has 0 spiro atoms. The van der Waals surface area contributed by atoms with E-state index >= 15 is 0 Å². The third-order valence-electron chi connectivity index (χ3n) is 6.50. The van der Waals surface area contributed by atoms with Crippen LogP contribution in [0.3, 0.4) is 0 Å². The van der Waals surface area contributed by atoms with Gasteiger partial charge in [-0.1, -0.05) is 6.92 Å². The number of rotatable bonds is 2. The lowest BCUT2D eigenvalue weighted by Crippen LogP contribution is -2.52. The fourth-order valence-electron chi connectivity index (χ4n) is 5.25. The van der Waals surface area contributed by atoms with Gasteiger partial charge in [0.2, 0.25) is 0 Å². The molecule has 0 N–H and O–H groups in total. The van der Waals surface area contributed by atoms with E-state index in [4.69, 9.17) is 16.3 Å². The normalized spacial score (nSPS) is 47.3. The van der Waals surface area contributed by atoms with E-state index in [-0.39, 0.29) is 11.9 Å². The average Bonchev–Trinajstić information content (AvgIpc) is 2.72. The minimum atomic E-state index is 0.0119. The molecule has 3 fully saturated rings. The van der Waals surface area contributed by atoms with Crippen LogP contribution in [-0.2, 0) is 9.53 Å². The Morgan fingerprint density at radius 3 is 2.62 bits per heavy atom. The van der Waals surface area contributed by atoms with Crippen molar-refractivity contribution >= 4 is 17.6 Å². The summed E-state index contributed by atoms with van der Waals surface area (Å²) in [7, 11) is 3.73. The van der Waals surface area contributed by atoms with Crippen molar-refractivity contribution in [3.05, 3.63) is 0 Å². The topological polar surface area (TPSA) is 29.5 Å². The molecular formula is C17H28ClNO2. The summed E-state index contributed by atoms with van der Waals surface area (Å²) in [6.07, 6.45) is 7.01. The molecule has 4 heteroatoms. The number of carbonyl (C=O) groups excluding carboxylic acids is 1. The first kappa shape index (κ1) is 15.6. The number of nitrogens with zero attached hydrogens (tertiary/aromatic N) is 1. The molecule has 1 aliphatic carbocycles. The molecule has 0 aromatic carbocycles. The Labute approximate surface area is 133 Å². The van der Waals surface area contributed by atoms with Crippen LogP contribution in [0, 0.1) is 23.7 Å². The van der Waals surface area contributed by atoms with Crippen LogP contribution in [0.2, 0.25) is 0 Å². The van der Waals surface area contributed by atoms with E-state index in [0.717, 1.165) is 19.3 Å². The summed E-state index contributed by atoms with van der Waals surface area (Å²) in [6.45, 7) is 2.26. The molecule has 0 amide bonds. The van der Waals surface area contributed by atoms with Crippen molar-refractivity contribution in [2.24, 2.45) is 23.7 Å². The van der Waals surface area contributed by atoms with Gasteiger partial charge in [0.15, 0.2) is 0 Å². The highest BCUT2D eigenvalue weighted by molar-refractivity contribution is 6.20. The maximum absolute atomic E-state index is 12.4. The van der Waals surface area contributed by atoms with Gasteiger partial charge in [0.05, 0.1) is 13.0 Å². The number of alkyl halides is 1. The molecule has 2 bridgehead atoms. The predicted molar refractivity (Wildman–Crippen MR) is 84.3 cm³/mol. The Hall–Kier alpha value is -0.280. The summed E-state index contributed by atoms with van der Waals surface area (Å²) in [5.74, 6) is 1.80. The van der Waals surface area contributed by atoms with Crippen LogP contribution < -0.4 is 0 Å². The van der Waals surface area contributed by atoms with Crippen molar-refractivity contribution in [2.75, 3.05) is 14.2 Å². The Bertz CT molecular complexity index is 402. The van der Waals surface area contributed by atoms with E-state index in [1.807, 2.05) is 0 Å². The number of halogens is 1. The van der Waals surface area contributed by atoms with Crippen molar-refractivity contribution in [1.29, 1.82) is 0 Å². The van der Waals surface area contributed by atoms with Gasteiger partial charge in [0.25, 0.3) is 0 Å². The van der Waals surface area contributed by atoms with Crippen LogP contribution in [0.25, 0.3) is 0 Å². The molecule has 3 aliphatic rings. The van der Waals surface area contributed by atoms with Crippen molar-refractivity contribution < 1.29 is 9.53 Å². The molecule has 120 valence electrons. The third kappa shape index (κ3) is 2.72. The number of piperidine rings is 1. The smallest absolute Gasteiger partial charge is 0.310 e. The minimum absolute atomic E-state index is 0.0119. The van der Waals surface area contributed by atoms with Gasteiger partial charge in [0, 0.05) is 17.5 Å². The molecule has 0 aromatic heterocycles. The standard InChI is InChI=1S/C17H28ClNO2/c1-10-8-11(4-6-14(10)18)13-9-12-5-7-15(19(12)2)16(13)17(20)21-3/h10-16H,4-9H2,1-3H3/t10?,11?,12-,13-,14?,15?,16+/m1/s1. The van der Waals surface area contributed by atoms with E-state index in [0.29, 0.717) is 35.2 Å². The summed E-state index contributed by atoms with van der Waals surface area (Å²) < 4.78 is 5.17. The van der Waals surface area contributed by atoms with Crippen LogP contribution in [0.1, 0.15) is 45.4 Å². The molecule has 2 heterocycles. The van der Waals surface area contributed by atoms with Gasteiger partial charge in [-0.2, -0.15) is 0 Å². The minimum Gasteiger partial charge on any atom is -0.469 e. The second-order valence-corrected chi connectivity index (χ2v) is 8.04. The molecule has 2 saturated heterocycles. The monoisotopic (exact) mass is 313 g/mol. The van der Waals surface area contributed by atoms with Gasteiger partial charge in [-0.05, 0) is 63.3 Å². The summed E-state index contributed by atoms with van der Waals surface area (Å²) in [4.78, 5) is 14.9. The van der Waals surface area contributed by atoms with E-state index < -0.39 is 0 Å². The number of ether oxygens (including phenoxy) is 1. The lowest BCUT2D eigenvalue weighted by molar-refractivity contribution is -0.154. The molecule has 7 atom stereocenters. The molecular weight excluding hydrogens is 286 g/mol. The van der Waals surface area contributed by atoms with Crippen LogP contribution in [0.15, 0.2) is 0 Å². The SMILES string of the molecule is COC(=O)[C@@H]1C2CC[C@H](C[C@@H]1C1CCC(Cl)C(C)C1)N2C. The van der Waals surface area contributed by atoms with Gasteiger partial charge in [-0.3, -0.25) is 9.69 Å². The molecule has 3 rings (SSSR count). The number of carbonyl (C=O) groups is 1. The molecule has 4 unspecified atom stereocenters. The van der Waals surface area contributed by atoms with Crippen molar-refractivity contribution in [1.82, 2.24) is 4.90 Å². The van der Waals surface area contributed by atoms with Gasteiger partial charge < -0.3 is 4.74 Å². The fraction of sp³-hybridized carbons (Fsp3) is 0.941. The molecule has 0 aromatic rings. The zero-order chi connectivity index (χ0) is 15.1. The Kier molecular flexibility index (Phi) is 4.52. The maximum Gasteiger partial charge on any atom is 0.310 e. The Morgan fingerprint density at radius 2 is 1.95 bits per heavy atom. The van der Waals surface area contributed by atoms with Crippen molar-refractivity contribution in [3.63, 3.8) is 0 Å². The molecule has 0 radical (unpaired) electrons. The summed E-state index contributed by atoms with van der Waals surface area (Å²) >= 11 is 6.39. The molecule has 1 saturated carbocycles. The summed E-state index contributed by atoms with van der Waals surface area (Å²) in [5, 5.41) is 0.320. The first-order valence-electron chi connectivity index (χ1n) is 8.46. The lowest BCUT2D eigenvalue weighted by Gasteiger charge is -2.46. The van der Waals surface area contributed by atoms with E-state index in [1.165, 1.54) is 19.3 Å².